The van der Waals surface area contributed by atoms with E-state index >= 15 is 0 Å². The lowest BCUT2D eigenvalue weighted by Crippen LogP contribution is -1.84. The molecule has 0 aromatic carbocycles. The first-order chi connectivity index (χ1) is 5.27. The largest absolute Gasteiger partial charge is 0.369 e. The van der Waals surface area contributed by atoms with Gasteiger partial charge in [0.2, 0.25) is 0 Å². The monoisotopic (exact) mass is 212 g/mol. The van der Waals surface area contributed by atoms with Crippen molar-refractivity contribution in [1.82, 2.24) is 15.0 Å². The average molecular weight is 213 g/mol. The predicted octanol–water partition coefficient (Wildman–Crippen LogP) is 1.30. The van der Waals surface area contributed by atoms with Crippen molar-refractivity contribution in [3.63, 3.8) is 0 Å². The summed E-state index contributed by atoms with van der Waals surface area (Å²) in [4.78, 5) is 10.9. The topological polar surface area (TPSA) is 67.6 Å². The van der Waals surface area contributed by atoms with E-state index in [2.05, 4.69) is 30.9 Å². The highest BCUT2D eigenvalue weighted by Crippen LogP contribution is 2.20. The molecule has 2 aromatic rings. The minimum Gasteiger partial charge on any atom is -0.369 e. The molecule has 0 aliphatic carbocycles. The molecule has 0 aliphatic rings. The summed E-state index contributed by atoms with van der Waals surface area (Å²) in [6, 6.07) is 0. The number of H-pyrrole nitrogens is 1. The molecule has 0 radical (unpaired) electrons. The first kappa shape index (κ1) is 6.60. The molecule has 0 spiro atoms. The number of rotatable bonds is 0. The number of imidazole rings is 1. The van der Waals surface area contributed by atoms with Crippen molar-refractivity contribution in [2.75, 3.05) is 5.73 Å². The lowest BCUT2D eigenvalue weighted by atomic mass is 10.4. The van der Waals surface area contributed by atoms with Gasteiger partial charge >= 0.3 is 0 Å². The van der Waals surface area contributed by atoms with Gasteiger partial charge in [0, 0.05) is 6.20 Å². The van der Waals surface area contributed by atoms with E-state index in [0.29, 0.717) is 5.95 Å². The SMILES string of the molecule is Nc1nc2c(Br)cncc2[nH]1. The third kappa shape index (κ3) is 0.970. The Morgan fingerprint density at radius 2 is 2.27 bits per heavy atom. The smallest absolute Gasteiger partial charge is 0.198 e. The molecule has 5 heteroatoms. The van der Waals surface area contributed by atoms with Crippen LogP contribution in [0.5, 0.6) is 0 Å². The molecule has 0 amide bonds. The first-order valence-corrected chi connectivity index (χ1v) is 3.81. The van der Waals surface area contributed by atoms with Gasteiger partial charge in [0.05, 0.1) is 16.2 Å². The maximum atomic E-state index is 5.44. The van der Waals surface area contributed by atoms with Crippen LogP contribution in [0.4, 0.5) is 5.95 Å². The average Bonchev–Trinajstić information content (AvgIpc) is 2.31. The minimum absolute atomic E-state index is 0.411. The standard InChI is InChI=1S/C6H5BrN4/c7-3-1-9-2-4-5(3)11-6(8)10-4/h1-2H,(H3,8,10,11). The van der Waals surface area contributed by atoms with Crippen LogP contribution in [0, 0.1) is 0 Å². The van der Waals surface area contributed by atoms with Gasteiger partial charge in [0.15, 0.2) is 5.95 Å². The predicted molar refractivity (Wildman–Crippen MR) is 46.0 cm³/mol. The van der Waals surface area contributed by atoms with Gasteiger partial charge in [-0.1, -0.05) is 0 Å². The van der Waals surface area contributed by atoms with Crippen molar-refractivity contribution < 1.29 is 0 Å². The van der Waals surface area contributed by atoms with Crippen LogP contribution in [-0.4, -0.2) is 15.0 Å². The molecule has 2 aromatic heterocycles. The number of halogens is 1. The van der Waals surface area contributed by atoms with Crippen LogP contribution < -0.4 is 5.73 Å². The Balaban J connectivity index is 2.90. The number of aromatic amines is 1. The second-order valence-electron chi connectivity index (χ2n) is 2.14. The number of aromatic nitrogens is 3. The van der Waals surface area contributed by atoms with E-state index in [1.807, 2.05) is 0 Å². The lowest BCUT2D eigenvalue weighted by Gasteiger charge is -1.87. The molecule has 0 saturated heterocycles. The van der Waals surface area contributed by atoms with Crippen molar-refractivity contribution >= 4 is 32.9 Å². The fourth-order valence-corrected chi connectivity index (χ4v) is 1.34. The Bertz CT molecular complexity index is 394. The summed E-state index contributed by atoms with van der Waals surface area (Å²) in [6.45, 7) is 0. The van der Waals surface area contributed by atoms with Crippen LogP contribution in [0.15, 0.2) is 16.9 Å². The van der Waals surface area contributed by atoms with Gasteiger partial charge in [0.1, 0.15) is 5.52 Å². The second-order valence-corrected chi connectivity index (χ2v) is 2.99. The number of nitrogens with zero attached hydrogens (tertiary/aromatic N) is 2. The van der Waals surface area contributed by atoms with Gasteiger partial charge in [0.25, 0.3) is 0 Å². The maximum absolute atomic E-state index is 5.44. The molecule has 0 atom stereocenters. The van der Waals surface area contributed by atoms with E-state index in [1.54, 1.807) is 12.4 Å². The number of fused-ring (bicyclic) bond motifs is 1. The Labute approximate surface area is 71.0 Å². The summed E-state index contributed by atoms with van der Waals surface area (Å²) in [5.74, 6) is 0.411. The third-order valence-electron chi connectivity index (χ3n) is 1.37. The van der Waals surface area contributed by atoms with Crippen LogP contribution in [-0.2, 0) is 0 Å². The molecule has 3 N–H and O–H groups in total. The van der Waals surface area contributed by atoms with Gasteiger partial charge < -0.3 is 10.7 Å². The van der Waals surface area contributed by atoms with Gasteiger partial charge in [-0.3, -0.25) is 4.98 Å². The molecular weight excluding hydrogens is 208 g/mol. The van der Waals surface area contributed by atoms with E-state index in [4.69, 9.17) is 5.73 Å². The quantitative estimate of drug-likeness (QED) is 0.692. The molecule has 2 heterocycles. The maximum Gasteiger partial charge on any atom is 0.198 e. The van der Waals surface area contributed by atoms with E-state index in [9.17, 15) is 0 Å². The van der Waals surface area contributed by atoms with Crippen LogP contribution in [0.3, 0.4) is 0 Å². The second kappa shape index (κ2) is 2.20. The van der Waals surface area contributed by atoms with Crippen molar-refractivity contribution in [2.45, 2.75) is 0 Å². The summed E-state index contributed by atoms with van der Waals surface area (Å²) < 4.78 is 0.850. The van der Waals surface area contributed by atoms with Crippen molar-refractivity contribution in [2.24, 2.45) is 0 Å². The number of hydrogen-bond donors (Lipinski definition) is 2. The highest BCUT2D eigenvalue weighted by molar-refractivity contribution is 9.10. The van der Waals surface area contributed by atoms with E-state index in [0.717, 1.165) is 15.5 Å². The third-order valence-corrected chi connectivity index (χ3v) is 1.95. The molecule has 0 unspecified atom stereocenters. The fraction of sp³-hybridized carbons (Fsp3) is 0. The minimum atomic E-state index is 0.411. The molecule has 56 valence electrons. The number of pyridine rings is 1. The molecular formula is C6H5BrN4. The Hall–Kier alpha value is -1.10. The number of hydrogen-bond acceptors (Lipinski definition) is 3. The molecule has 11 heavy (non-hydrogen) atoms. The van der Waals surface area contributed by atoms with Crippen LogP contribution in [0.25, 0.3) is 11.0 Å². The van der Waals surface area contributed by atoms with Gasteiger partial charge in [-0.05, 0) is 15.9 Å². The Kier molecular flexibility index (Phi) is 1.32. The summed E-state index contributed by atoms with van der Waals surface area (Å²) in [7, 11) is 0. The van der Waals surface area contributed by atoms with Gasteiger partial charge in [-0.2, -0.15) is 0 Å². The number of anilines is 1. The van der Waals surface area contributed by atoms with Crippen molar-refractivity contribution in [3.8, 4) is 0 Å². The highest BCUT2D eigenvalue weighted by atomic mass is 79.9. The van der Waals surface area contributed by atoms with Crippen molar-refractivity contribution in [1.29, 1.82) is 0 Å². The van der Waals surface area contributed by atoms with Gasteiger partial charge in [-0.15, -0.1) is 0 Å². The van der Waals surface area contributed by atoms with Crippen LogP contribution in [0.2, 0.25) is 0 Å². The zero-order valence-electron chi connectivity index (χ0n) is 5.50. The van der Waals surface area contributed by atoms with E-state index < -0.39 is 0 Å². The molecule has 0 bridgehead atoms. The van der Waals surface area contributed by atoms with E-state index in [-0.39, 0.29) is 0 Å². The normalized spacial score (nSPS) is 10.6. The first-order valence-electron chi connectivity index (χ1n) is 3.02. The zero-order valence-corrected chi connectivity index (χ0v) is 7.09. The van der Waals surface area contributed by atoms with Crippen LogP contribution >= 0.6 is 15.9 Å². The number of nitrogen functional groups attached to an aromatic ring is 1. The summed E-state index contributed by atoms with van der Waals surface area (Å²) >= 11 is 3.31. The molecule has 2 rings (SSSR count). The van der Waals surface area contributed by atoms with Crippen molar-refractivity contribution in [3.05, 3.63) is 16.9 Å². The number of nitrogens with one attached hydrogen (secondary N) is 1. The number of nitrogens with two attached hydrogens (primary N) is 1. The summed E-state index contributed by atoms with van der Waals surface area (Å²) in [6.07, 6.45) is 3.37. The summed E-state index contributed by atoms with van der Waals surface area (Å²) in [5.41, 5.74) is 7.11. The van der Waals surface area contributed by atoms with Crippen LogP contribution in [0.1, 0.15) is 0 Å². The molecule has 4 nitrogen and oxygen atoms in total. The fourth-order valence-electron chi connectivity index (χ4n) is 0.920. The molecule has 0 saturated carbocycles. The Morgan fingerprint density at radius 1 is 1.45 bits per heavy atom. The summed E-state index contributed by atoms with van der Waals surface area (Å²) in [5, 5.41) is 0. The Morgan fingerprint density at radius 3 is 3.00 bits per heavy atom. The van der Waals surface area contributed by atoms with E-state index in [1.165, 1.54) is 0 Å². The lowest BCUT2D eigenvalue weighted by molar-refractivity contribution is 1.33. The highest BCUT2D eigenvalue weighted by Gasteiger charge is 2.02. The van der Waals surface area contributed by atoms with Gasteiger partial charge in [-0.25, -0.2) is 4.98 Å². The molecule has 0 aliphatic heterocycles. The zero-order chi connectivity index (χ0) is 7.84. The molecule has 0 fully saturated rings.